The first-order chi connectivity index (χ1) is 12.0. The first-order valence-electron chi connectivity index (χ1n) is 8.50. The van der Waals surface area contributed by atoms with Crippen LogP contribution in [0.25, 0.3) is 0 Å². The van der Waals surface area contributed by atoms with Crippen molar-refractivity contribution in [2.24, 2.45) is 0 Å². The van der Waals surface area contributed by atoms with E-state index < -0.39 is 0 Å². The molecule has 1 aliphatic rings. The molecular formula is C18H24N4O3. The van der Waals surface area contributed by atoms with Crippen molar-refractivity contribution >= 4 is 6.03 Å². The lowest BCUT2D eigenvalue weighted by atomic mass is 10.1. The molecule has 0 aliphatic carbocycles. The van der Waals surface area contributed by atoms with Gasteiger partial charge in [0.1, 0.15) is 5.76 Å². The van der Waals surface area contributed by atoms with E-state index in [9.17, 15) is 9.59 Å². The van der Waals surface area contributed by atoms with Crippen molar-refractivity contribution in [2.45, 2.75) is 26.9 Å². The second kappa shape index (κ2) is 7.57. The number of aromatic amines is 1. The minimum Gasteiger partial charge on any atom is -0.468 e. The van der Waals surface area contributed by atoms with Crippen LogP contribution >= 0.6 is 0 Å². The third kappa shape index (κ3) is 4.30. The molecule has 7 heteroatoms. The predicted octanol–water partition coefficient (Wildman–Crippen LogP) is 1.61. The van der Waals surface area contributed by atoms with Crippen LogP contribution in [0.15, 0.2) is 33.7 Å². The lowest BCUT2D eigenvalue weighted by Gasteiger charge is -2.34. The minimum atomic E-state index is -0.138. The fraction of sp³-hybridized carbons (Fsp3) is 0.444. The van der Waals surface area contributed by atoms with E-state index in [1.807, 2.05) is 32.0 Å². The van der Waals surface area contributed by atoms with Gasteiger partial charge >= 0.3 is 6.03 Å². The fourth-order valence-electron chi connectivity index (χ4n) is 3.11. The van der Waals surface area contributed by atoms with E-state index in [0.717, 1.165) is 36.7 Å². The number of carbonyl (C=O) groups excluding carboxylic acids is 1. The summed E-state index contributed by atoms with van der Waals surface area (Å²) in [6.45, 7) is 7.67. The first-order valence-corrected chi connectivity index (χ1v) is 8.50. The van der Waals surface area contributed by atoms with Crippen LogP contribution in [0.5, 0.6) is 0 Å². The van der Waals surface area contributed by atoms with Crippen LogP contribution in [-0.2, 0) is 13.1 Å². The average molecular weight is 344 g/mol. The third-order valence-corrected chi connectivity index (χ3v) is 4.53. The SMILES string of the molecule is Cc1cc(C)c(CNC(=O)N2CCN(Cc3ccco3)CC2)c(=O)[nH]1. The summed E-state index contributed by atoms with van der Waals surface area (Å²) in [6, 6.07) is 5.63. The summed E-state index contributed by atoms with van der Waals surface area (Å²) in [5.41, 5.74) is 2.19. The molecule has 2 N–H and O–H groups in total. The molecule has 1 fully saturated rings. The van der Waals surface area contributed by atoms with Gasteiger partial charge in [-0.2, -0.15) is 0 Å². The second-order valence-corrected chi connectivity index (χ2v) is 6.44. The second-order valence-electron chi connectivity index (χ2n) is 6.44. The highest BCUT2D eigenvalue weighted by Gasteiger charge is 2.21. The maximum Gasteiger partial charge on any atom is 0.317 e. The van der Waals surface area contributed by atoms with E-state index in [4.69, 9.17) is 4.42 Å². The number of carbonyl (C=O) groups is 1. The molecule has 1 saturated heterocycles. The molecule has 3 rings (SSSR count). The molecule has 0 radical (unpaired) electrons. The van der Waals surface area contributed by atoms with Crippen LogP contribution in [0.1, 0.15) is 22.6 Å². The Balaban J connectivity index is 1.49. The molecule has 2 aromatic heterocycles. The number of furan rings is 1. The van der Waals surface area contributed by atoms with E-state index >= 15 is 0 Å². The summed E-state index contributed by atoms with van der Waals surface area (Å²) < 4.78 is 5.36. The molecule has 7 nitrogen and oxygen atoms in total. The third-order valence-electron chi connectivity index (χ3n) is 4.53. The first kappa shape index (κ1) is 17.3. The highest BCUT2D eigenvalue weighted by atomic mass is 16.3. The lowest BCUT2D eigenvalue weighted by Crippen LogP contribution is -2.51. The monoisotopic (exact) mass is 344 g/mol. The molecule has 0 spiro atoms. The maximum atomic E-state index is 12.4. The summed E-state index contributed by atoms with van der Waals surface area (Å²) in [5.74, 6) is 0.937. The number of aromatic nitrogens is 1. The van der Waals surface area contributed by atoms with Gasteiger partial charge in [0, 0.05) is 37.4 Å². The number of amides is 2. The number of aryl methyl sites for hydroxylation is 2. The summed E-state index contributed by atoms with van der Waals surface area (Å²) in [5, 5.41) is 2.86. The summed E-state index contributed by atoms with van der Waals surface area (Å²) in [4.78, 5) is 31.2. The minimum absolute atomic E-state index is 0.128. The topological polar surface area (TPSA) is 81.6 Å². The largest absolute Gasteiger partial charge is 0.468 e. The lowest BCUT2D eigenvalue weighted by molar-refractivity contribution is 0.130. The van der Waals surface area contributed by atoms with Crippen LogP contribution in [0.3, 0.4) is 0 Å². The Morgan fingerprint density at radius 1 is 1.28 bits per heavy atom. The Bertz CT molecular complexity index is 774. The van der Waals surface area contributed by atoms with Crippen LogP contribution in [0.4, 0.5) is 4.79 Å². The maximum absolute atomic E-state index is 12.4. The highest BCUT2D eigenvalue weighted by Crippen LogP contribution is 2.09. The summed E-state index contributed by atoms with van der Waals surface area (Å²) in [6.07, 6.45) is 1.67. The van der Waals surface area contributed by atoms with Crippen LogP contribution < -0.4 is 10.9 Å². The van der Waals surface area contributed by atoms with E-state index in [2.05, 4.69) is 15.2 Å². The molecule has 0 aromatic carbocycles. The zero-order chi connectivity index (χ0) is 17.8. The van der Waals surface area contributed by atoms with Gasteiger partial charge in [-0.3, -0.25) is 9.69 Å². The fourth-order valence-corrected chi connectivity index (χ4v) is 3.11. The smallest absolute Gasteiger partial charge is 0.317 e. The van der Waals surface area contributed by atoms with Gasteiger partial charge in [-0.1, -0.05) is 0 Å². The predicted molar refractivity (Wildman–Crippen MR) is 94.3 cm³/mol. The Labute approximate surface area is 146 Å². The Kier molecular flexibility index (Phi) is 5.23. The van der Waals surface area contributed by atoms with Crippen molar-refractivity contribution in [1.82, 2.24) is 20.1 Å². The van der Waals surface area contributed by atoms with Gasteiger partial charge in [-0.25, -0.2) is 4.79 Å². The van der Waals surface area contributed by atoms with Crippen molar-refractivity contribution in [3.63, 3.8) is 0 Å². The van der Waals surface area contributed by atoms with E-state index in [-0.39, 0.29) is 18.1 Å². The van der Waals surface area contributed by atoms with Gasteiger partial charge in [0.25, 0.3) is 5.56 Å². The van der Waals surface area contributed by atoms with Crippen LogP contribution in [-0.4, -0.2) is 47.0 Å². The molecule has 134 valence electrons. The molecule has 0 saturated carbocycles. The van der Waals surface area contributed by atoms with Gasteiger partial charge in [0.05, 0.1) is 19.4 Å². The number of hydrogen-bond donors (Lipinski definition) is 2. The van der Waals surface area contributed by atoms with Crippen molar-refractivity contribution < 1.29 is 9.21 Å². The summed E-state index contributed by atoms with van der Waals surface area (Å²) in [7, 11) is 0. The molecule has 0 atom stereocenters. The van der Waals surface area contributed by atoms with E-state index in [1.165, 1.54) is 0 Å². The van der Waals surface area contributed by atoms with Gasteiger partial charge in [0.15, 0.2) is 0 Å². The van der Waals surface area contributed by atoms with Gasteiger partial charge in [-0.15, -0.1) is 0 Å². The average Bonchev–Trinajstić information content (AvgIpc) is 3.07. The molecule has 0 bridgehead atoms. The van der Waals surface area contributed by atoms with Crippen LogP contribution in [0, 0.1) is 13.8 Å². The van der Waals surface area contributed by atoms with Crippen molar-refractivity contribution in [1.29, 1.82) is 0 Å². The number of piperazine rings is 1. The Morgan fingerprint density at radius 2 is 2.04 bits per heavy atom. The van der Waals surface area contributed by atoms with Gasteiger partial charge in [-0.05, 0) is 37.6 Å². The molecule has 25 heavy (non-hydrogen) atoms. The highest BCUT2D eigenvalue weighted by molar-refractivity contribution is 5.74. The number of nitrogens with zero attached hydrogens (tertiary/aromatic N) is 2. The van der Waals surface area contributed by atoms with E-state index in [0.29, 0.717) is 18.7 Å². The van der Waals surface area contributed by atoms with Gasteiger partial charge in [0.2, 0.25) is 0 Å². The number of H-pyrrole nitrogens is 1. The Hall–Kier alpha value is -2.54. The van der Waals surface area contributed by atoms with Crippen molar-refractivity contribution in [2.75, 3.05) is 26.2 Å². The number of urea groups is 1. The number of pyridine rings is 1. The Morgan fingerprint density at radius 3 is 2.68 bits per heavy atom. The summed E-state index contributed by atoms with van der Waals surface area (Å²) >= 11 is 0. The number of nitrogens with one attached hydrogen (secondary N) is 2. The molecule has 2 aromatic rings. The van der Waals surface area contributed by atoms with E-state index in [1.54, 1.807) is 11.2 Å². The molecule has 3 heterocycles. The van der Waals surface area contributed by atoms with Crippen molar-refractivity contribution in [3.05, 3.63) is 57.4 Å². The number of hydrogen-bond acceptors (Lipinski definition) is 4. The zero-order valence-corrected chi connectivity index (χ0v) is 14.7. The molecule has 0 unspecified atom stereocenters. The molecular weight excluding hydrogens is 320 g/mol. The normalized spacial score (nSPS) is 15.4. The van der Waals surface area contributed by atoms with Crippen LogP contribution in [0.2, 0.25) is 0 Å². The standard InChI is InChI=1S/C18H24N4O3/c1-13-10-14(2)20-17(23)16(13)11-19-18(24)22-7-5-21(6-8-22)12-15-4-3-9-25-15/h3-4,9-10H,5-8,11-12H2,1-2H3,(H,19,24)(H,20,23). The quantitative estimate of drug-likeness (QED) is 0.883. The van der Waals surface area contributed by atoms with Crippen molar-refractivity contribution in [3.8, 4) is 0 Å². The zero-order valence-electron chi connectivity index (χ0n) is 14.7. The van der Waals surface area contributed by atoms with Gasteiger partial charge < -0.3 is 19.6 Å². The molecule has 1 aliphatic heterocycles. The number of rotatable bonds is 4. The molecule has 2 amide bonds.